The van der Waals surface area contributed by atoms with Crippen molar-refractivity contribution in [2.75, 3.05) is 4.90 Å². The molecule has 0 unspecified atom stereocenters. The maximum Gasteiger partial charge on any atom is 0.282 e. The Morgan fingerprint density at radius 2 is 1.28 bits per heavy atom. The van der Waals surface area contributed by atoms with E-state index in [4.69, 9.17) is 26.8 Å². The van der Waals surface area contributed by atoms with Crippen LogP contribution in [0.2, 0.25) is 0 Å². The van der Waals surface area contributed by atoms with E-state index in [2.05, 4.69) is 85.1 Å². The number of fused-ring (bicyclic) bond motifs is 12. The van der Waals surface area contributed by atoms with E-state index >= 15 is 0 Å². The maximum absolute atomic E-state index is 9.27. The normalized spacial score (nSPS) is 14.6. The molecule has 14 aromatic rings. The van der Waals surface area contributed by atoms with Gasteiger partial charge >= 0.3 is 0 Å². The largest absolute Gasteiger partial charge is 0.470 e. The smallest absolute Gasteiger partial charge is 0.282 e. The van der Waals surface area contributed by atoms with Gasteiger partial charge in [-0.3, -0.25) is 4.57 Å². The van der Waals surface area contributed by atoms with E-state index < -0.39 is 67.1 Å². The second kappa shape index (κ2) is 17.4. The van der Waals surface area contributed by atoms with E-state index in [-0.39, 0.29) is 60.4 Å². The number of para-hydroxylation sites is 6. The van der Waals surface area contributed by atoms with Crippen molar-refractivity contribution in [2.45, 2.75) is 26.2 Å². The van der Waals surface area contributed by atoms with Crippen LogP contribution in [0.5, 0.6) is 11.7 Å². The molecule has 0 spiro atoms. The van der Waals surface area contributed by atoms with Crippen molar-refractivity contribution in [1.82, 2.24) is 14.1 Å². The van der Waals surface area contributed by atoms with E-state index in [1.54, 1.807) is 27.3 Å². The molecule has 0 amide bonds. The molecule has 5 aromatic heterocycles. The van der Waals surface area contributed by atoms with Gasteiger partial charge in [-0.15, -0.1) is 29.0 Å². The zero-order chi connectivity index (χ0) is 59.8. The second-order valence-electron chi connectivity index (χ2n) is 20.3. The van der Waals surface area contributed by atoms with Gasteiger partial charge in [-0.25, -0.2) is 4.98 Å². The van der Waals surface area contributed by atoms with Crippen LogP contribution in [0.4, 0.5) is 17.1 Å². The molecule has 7 heterocycles. The molecule has 0 atom stereocenters. The second-order valence-corrected chi connectivity index (χ2v) is 20.3. The van der Waals surface area contributed by atoms with Crippen LogP contribution in [0, 0.1) is 18.5 Å². The van der Waals surface area contributed by atoms with Crippen molar-refractivity contribution < 1.29 is 52.9 Å². The van der Waals surface area contributed by atoms with Gasteiger partial charge in [-0.2, -0.15) is 12.1 Å². The number of aromatic nitrogens is 4. The zero-order valence-electron chi connectivity index (χ0n) is 51.8. The summed E-state index contributed by atoms with van der Waals surface area (Å²) < 4.78 is 116. The molecule has 9 aromatic carbocycles. The number of anilines is 3. The molecule has 0 bridgehead atoms. The van der Waals surface area contributed by atoms with Gasteiger partial charge in [0.1, 0.15) is 17.0 Å². The Bertz CT molecular complexity index is 5240. The predicted molar refractivity (Wildman–Crippen MR) is 308 cm³/mol. The summed E-state index contributed by atoms with van der Waals surface area (Å²) in [5.74, 6) is 1.44. The van der Waals surface area contributed by atoms with Crippen molar-refractivity contribution in [2.24, 2.45) is 0 Å². The Balaban J connectivity index is 0.00000650. The fourth-order valence-corrected chi connectivity index (χ4v) is 11.6. The Morgan fingerprint density at radius 3 is 2.03 bits per heavy atom. The van der Waals surface area contributed by atoms with E-state index in [1.165, 1.54) is 0 Å². The van der Waals surface area contributed by atoms with Crippen molar-refractivity contribution in [3.05, 3.63) is 236 Å². The fraction of sp³-hybridized carbons (Fsp3) is 0.0588. The summed E-state index contributed by atoms with van der Waals surface area (Å²) in [5.41, 5.74) is 9.59. The van der Waals surface area contributed by atoms with E-state index in [0.29, 0.717) is 50.7 Å². The maximum atomic E-state index is 9.27. The van der Waals surface area contributed by atoms with Crippen LogP contribution in [-0.2, 0) is 26.5 Å². The van der Waals surface area contributed by atoms with Gasteiger partial charge in [0.2, 0.25) is 6.71 Å². The quantitative estimate of drug-likeness (QED) is 0.0943. The molecule has 0 saturated carbocycles. The predicted octanol–water partition coefficient (Wildman–Crippen LogP) is 14.3. The Morgan fingerprint density at radius 1 is 0.615 bits per heavy atom. The van der Waals surface area contributed by atoms with Crippen LogP contribution < -0.4 is 30.8 Å². The van der Waals surface area contributed by atoms with Crippen LogP contribution in [0.15, 0.2) is 221 Å². The minimum Gasteiger partial charge on any atom is -0.470 e. The van der Waals surface area contributed by atoms with E-state index in [0.717, 1.165) is 60.6 Å². The average molecular weight is 1200 g/mol. The summed E-state index contributed by atoms with van der Waals surface area (Å²) in [4.78, 5) is 7.12. The van der Waals surface area contributed by atoms with Gasteiger partial charge in [0, 0.05) is 54.8 Å². The van der Waals surface area contributed by atoms with Gasteiger partial charge < -0.3 is 27.6 Å². The molecule has 16 rings (SSSR count). The van der Waals surface area contributed by atoms with E-state index in [1.807, 2.05) is 97.2 Å². The topological polar surface area (TPSA) is 65.4 Å². The minimum absolute atomic E-state index is 0. The first-order chi connectivity index (χ1) is 42.0. The first-order valence-corrected chi connectivity index (χ1v) is 25.2. The summed E-state index contributed by atoms with van der Waals surface area (Å²) in [6.45, 7) is 5.97. The summed E-state index contributed by atoms with van der Waals surface area (Å²) in [6, 6.07) is 48.7. The monoisotopic (exact) mass is 1190 g/mol. The average Bonchev–Trinajstić information content (AvgIpc) is 1.43. The summed E-state index contributed by atoms with van der Waals surface area (Å²) in [5, 5.41) is 3.66. The molecule has 0 saturated heterocycles. The Kier molecular flexibility index (Phi) is 8.21. The number of hydrogen-bond donors (Lipinski definition) is 0. The molecular formula is C68H44BN5O3Pt-2. The van der Waals surface area contributed by atoms with Crippen LogP contribution in [0.3, 0.4) is 0 Å². The Hall–Kier alpha value is -9.17. The molecule has 374 valence electrons. The van der Waals surface area contributed by atoms with Crippen LogP contribution in [0.25, 0.3) is 94.2 Å². The van der Waals surface area contributed by atoms with Gasteiger partial charge in [0.15, 0.2) is 0 Å². The van der Waals surface area contributed by atoms with Gasteiger partial charge in [-0.1, -0.05) is 189 Å². The van der Waals surface area contributed by atoms with Crippen molar-refractivity contribution in [3.63, 3.8) is 0 Å². The van der Waals surface area contributed by atoms with Crippen LogP contribution in [-0.4, -0.2) is 20.8 Å². The van der Waals surface area contributed by atoms with Crippen molar-refractivity contribution in [1.29, 1.82) is 0 Å². The molecule has 78 heavy (non-hydrogen) atoms. The fourth-order valence-electron chi connectivity index (χ4n) is 11.6. The SMILES string of the molecule is [2H]c1c([2H])c([2H])c(-c2cccc(-c3c([2H])c([2H])c([2H])c([2H])c3[2H])c2-[n+]2[c-]n(-c3[c-]c4c5c(c3)Oc3oc6ccccc6c3B5c3oc5ccccc5c3N4c3[c-]c4c(cc3)c3ccccc3n4-c3cc(C(C)(C)C)ccn3)c3ccccc32)c([2H])c1[2H].[Pt]. The summed E-state index contributed by atoms with van der Waals surface area (Å²) in [7, 11) is 0. The molecule has 0 fully saturated rings. The molecule has 2 aliphatic heterocycles. The third-order valence-corrected chi connectivity index (χ3v) is 15.0. The number of nitrogens with zero attached hydrogens (tertiary/aromatic N) is 5. The third kappa shape index (κ3) is 6.84. The van der Waals surface area contributed by atoms with Crippen LogP contribution in [0.1, 0.15) is 40.0 Å². The number of pyridine rings is 1. The zero-order valence-corrected chi connectivity index (χ0v) is 44.1. The van der Waals surface area contributed by atoms with Crippen LogP contribution >= 0.6 is 0 Å². The van der Waals surface area contributed by atoms with Gasteiger partial charge in [-0.05, 0) is 80.7 Å². The molecular weight excluding hydrogens is 1140 g/mol. The number of ether oxygens (including phenoxy) is 1. The Labute approximate surface area is 478 Å². The molecule has 0 aliphatic carbocycles. The van der Waals surface area contributed by atoms with Gasteiger partial charge in [0.05, 0.1) is 41.8 Å². The molecule has 10 heteroatoms. The summed E-state index contributed by atoms with van der Waals surface area (Å²) >= 11 is 0. The first-order valence-electron chi connectivity index (χ1n) is 30.2. The molecule has 2 aliphatic rings. The molecule has 0 radical (unpaired) electrons. The number of furan rings is 2. The number of benzene rings is 9. The molecule has 8 nitrogen and oxygen atoms in total. The van der Waals surface area contributed by atoms with Crippen molar-refractivity contribution >= 4 is 95.1 Å². The standard InChI is InChI=1S/C68H44BN5O3.Pt/c1-68(2,3)44-35-36-70-61(37-44)74-53-28-13-10-23-49(53)50-34-33-45(38-56(50)74)73-57-39-46(40-60-63(57)69(66-65(73)52-25-12-17-32-59(52)75-66)62-51-24-11-16-31-58(51)76-67(62)77-60)71-41-72(55-30-15-14-29-54(55)71)64-47(42-19-6-4-7-20-42)26-18-27-48(64)43-21-8-5-9-22-43;/h4-37,40H,1-3H3;/q-2;/i4D,5D,6D,7D,8D,9D,19D,20D,21D,22D;. The van der Waals surface area contributed by atoms with Gasteiger partial charge in [0.25, 0.3) is 12.3 Å². The minimum atomic E-state index is -0.591. The number of hydrogen-bond acceptors (Lipinski definition) is 5. The first kappa shape index (κ1) is 36.8. The molecule has 0 N–H and O–H groups in total. The number of rotatable bonds is 6. The van der Waals surface area contributed by atoms with Crippen molar-refractivity contribution in [3.8, 4) is 51.1 Å². The number of imidazole rings is 1. The van der Waals surface area contributed by atoms with E-state index in [9.17, 15) is 5.48 Å². The summed E-state index contributed by atoms with van der Waals surface area (Å²) in [6.07, 6.45) is 5.42. The third-order valence-electron chi connectivity index (χ3n) is 15.0.